The van der Waals surface area contributed by atoms with Crippen molar-refractivity contribution in [2.45, 2.75) is 46.5 Å². The van der Waals surface area contributed by atoms with Crippen molar-refractivity contribution in [1.82, 2.24) is 4.98 Å². The predicted molar refractivity (Wildman–Crippen MR) is 82.3 cm³/mol. The lowest BCUT2D eigenvalue weighted by molar-refractivity contribution is 0.915. The predicted octanol–water partition coefficient (Wildman–Crippen LogP) is 4.65. The van der Waals surface area contributed by atoms with E-state index in [0.29, 0.717) is 0 Å². The van der Waals surface area contributed by atoms with Gasteiger partial charge in [0.25, 0.3) is 0 Å². The van der Waals surface area contributed by atoms with E-state index in [1.165, 1.54) is 16.3 Å². The van der Waals surface area contributed by atoms with Crippen LogP contribution >= 0.6 is 0 Å². The monoisotopic (exact) mass is 251 g/mol. The van der Waals surface area contributed by atoms with Crippen LogP contribution in [0.4, 0.5) is 0 Å². The lowest BCUT2D eigenvalue weighted by atomic mass is 9.98. The van der Waals surface area contributed by atoms with Gasteiger partial charge < -0.3 is 0 Å². The van der Waals surface area contributed by atoms with E-state index in [9.17, 15) is 0 Å². The maximum Gasteiger partial charge on any atom is 0.117 e. The van der Waals surface area contributed by atoms with E-state index in [1.54, 1.807) is 0 Å². The Hall–Kier alpha value is -1.81. The van der Waals surface area contributed by atoms with Crippen LogP contribution in [0.3, 0.4) is 0 Å². The van der Waals surface area contributed by atoms with Crippen LogP contribution in [-0.4, -0.2) is 4.98 Å². The van der Waals surface area contributed by atoms with Gasteiger partial charge in [0.05, 0.1) is 0 Å². The van der Waals surface area contributed by atoms with E-state index in [0.717, 1.165) is 37.1 Å². The zero-order valence-electron chi connectivity index (χ0n) is 12.1. The van der Waals surface area contributed by atoms with Gasteiger partial charge in [0, 0.05) is 17.5 Å². The molecule has 0 aliphatic carbocycles. The molecular formula is C18H21N. The molecule has 2 aromatic rings. The maximum absolute atomic E-state index is 4.72. The van der Waals surface area contributed by atoms with Crippen molar-refractivity contribution in [3.63, 3.8) is 0 Å². The summed E-state index contributed by atoms with van der Waals surface area (Å²) in [7, 11) is 0. The summed E-state index contributed by atoms with van der Waals surface area (Å²) in [5.41, 5.74) is 3.37. The van der Waals surface area contributed by atoms with Gasteiger partial charge in [-0.3, -0.25) is 0 Å². The third kappa shape index (κ3) is 2.96. The van der Waals surface area contributed by atoms with E-state index in [2.05, 4.69) is 56.9 Å². The second-order valence-electron chi connectivity index (χ2n) is 4.87. The van der Waals surface area contributed by atoms with Crippen LogP contribution in [0.2, 0.25) is 0 Å². The van der Waals surface area contributed by atoms with Crippen molar-refractivity contribution in [3.8, 4) is 11.8 Å². The van der Waals surface area contributed by atoms with Crippen molar-refractivity contribution in [2.24, 2.45) is 0 Å². The number of aromatic nitrogens is 1. The van der Waals surface area contributed by atoms with Crippen molar-refractivity contribution in [2.75, 3.05) is 0 Å². The molecule has 98 valence electrons. The van der Waals surface area contributed by atoms with Crippen LogP contribution in [0, 0.1) is 18.8 Å². The quantitative estimate of drug-likeness (QED) is 0.724. The molecule has 0 saturated heterocycles. The molecule has 0 spiro atoms. The molecule has 2 rings (SSSR count). The lowest BCUT2D eigenvalue weighted by Crippen LogP contribution is -1.98. The van der Waals surface area contributed by atoms with Crippen molar-refractivity contribution < 1.29 is 0 Å². The molecule has 0 N–H and O–H groups in total. The fraction of sp³-hybridized carbons (Fsp3) is 0.389. The number of unbranched alkanes of at least 4 members (excludes halogenated alkanes) is 1. The van der Waals surface area contributed by atoms with E-state index >= 15 is 0 Å². The molecule has 0 bridgehead atoms. The summed E-state index contributed by atoms with van der Waals surface area (Å²) in [5.74, 6) is 6.50. The third-order valence-electron chi connectivity index (χ3n) is 3.29. The Morgan fingerprint density at radius 2 is 1.79 bits per heavy atom. The van der Waals surface area contributed by atoms with Gasteiger partial charge in [0.15, 0.2) is 0 Å². The van der Waals surface area contributed by atoms with Crippen molar-refractivity contribution >= 4 is 10.8 Å². The highest BCUT2D eigenvalue weighted by atomic mass is 14.7. The Bertz CT molecular complexity index is 629. The molecule has 0 fully saturated rings. The average molecular weight is 251 g/mol. The molecule has 0 unspecified atom stereocenters. The molecule has 0 aliphatic rings. The molecule has 1 heteroatoms. The summed E-state index contributed by atoms with van der Waals surface area (Å²) in [6, 6.07) is 8.53. The summed E-state index contributed by atoms with van der Waals surface area (Å²) in [6.07, 6.45) is 4.21. The van der Waals surface area contributed by atoms with Crippen LogP contribution in [-0.2, 0) is 6.42 Å². The highest BCUT2D eigenvalue weighted by Crippen LogP contribution is 2.24. The number of hydrogen-bond donors (Lipinski definition) is 0. The molecule has 19 heavy (non-hydrogen) atoms. The number of benzene rings is 1. The van der Waals surface area contributed by atoms with Gasteiger partial charge in [-0.15, -0.1) is 0 Å². The van der Waals surface area contributed by atoms with Crippen molar-refractivity contribution in [1.29, 1.82) is 0 Å². The zero-order valence-corrected chi connectivity index (χ0v) is 12.1. The first kappa shape index (κ1) is 13.6. The van der Waals surface area contributed by atoms with Crippen LogP contribution in [0.25, 0.3) is 10.8 Å². The summed E-state index contributed by atoms with van der Waals surface area (Å²) in [6.45, 7) is 6.43. The largest absolute Gasteiger partial charge is 0.244 e. The Kier molecular flexibility index (Phi) is 4.58. The molecule has 0 amide bonds. The normalized spacial score (nSPS) is 10.3. The zero-order chi connectivity index (χ0) is 13.7. The van der Waals surface area contributed by atoms with E-state index < -0.39 is 0 Å². The molecule has 0 saturated carbocycles. The highest BCUT2D eigenvalue weighted by Gasteiger charge is 2.09. The van der Waals surface area contributed by atoms with Crippen LogP contribution < -0.4 is 0 Å². The Balaban J connectivity index is 2.63. The fourth-order valence-electron chi connectivity index (χ4n) is 2.36. The van der Waals surface area contributed by atoms with Gasteiger partial charge in [-0.05, 0) is 36.6 Å². The minimum Gasteiger partial charge on any atom is -0.244 e. The standard InChI is InChI=1S/C18H21N/c1-4-6-7-13-18-17(10-5-2)16-12-9-8-11-15(16)14(3)19-18/h8-9,11-12H,4-6,10H2,1-3H3. The summed E-state index contributed by atoms with van der Waals surface area (Å²) >= 11 is 0. The summed E-state index contributed by atoms with van der Waals surface area (Å²) in [4.78, 5) is 4.72. The number of pyridine rings is 1. The first-order valence-electron chi connectivity index (χ1n) is 7.15. The number of nitrogens with zero attached hydrogens (tertiary/aromatic N) is 1. The minimum absolute atomic E-state index is 0.944. The Morgan fingerprint density at radius 1 is 1.05 bits per heavy atom. The van der Waals surface area contributed by atoms with Gasteiger partial charge in [-0.1, -0.05) is 50.5 Å². The van der Waals surface area contributed by atoms with Crippen molar-refractivity contribution in [3.05, 3.63) is 41.2 Å². The van der Waals surface area contributed by atoms with Crippen LogP contribution in [0.15, 0.2) is 24.3 Å². The Labute approximate surface area is 116 Å². The summed E-state index contributed by atoms with van der Waals surface area (Å²) < 4.78 is 0. The van der Waals surface area contributed by atoms with Crippen LogP contribution in [0.1, 0.15) is 50.1 Å². The smallest absolute Gasteiger partial charge is 0.117 e. The first-order valence-corrected chi connectivity index (χ1v) is 7.15. The molecule has 1 nitrogen and oxygen atoms in total. The number of hydrogen-bond acceptors (Lipinski definition) is 1. The van der Waals surface area contributed by atoms with E-state index in [4.69, 9.17) is 4.98 Å². The van der Waals surface area contributed by atoms with Gasteiger partial charge in [-0.25, -0.2) is 4.98 Å². The number of aryl methyl sites for hydroxylation is 2. The SMILES string of the molecule is CCCC#Cc1nc(C)c2ccccc2c1CCC. The summed E-state index contributed by atoms with van der Waals surface area (Å²) in [5, 5.41) is 2.57. The number of fused-ring (bicyclic) bond motifs is 1. The topological polar surface area (TPSA) is 12.9 Å². The fourth-order valence-corrected chi connectivity index (χ4v) is 2.36. The van der Waals surface area contributed by atoms with Gasteiger partial charge in [0.2, 0.25) is 0 Å². The molecule has 1 aromatic heterocycles. The molecule has 0 radical (unpaired) electrons. The molecule has 0 aliphatic heterocycles. The van der Waals surface area contributed by atoms with Gasteiger partial charge in [0.1, 0.15) is 5.69 Å². The van der Waals surface area contributed by atoms with Gasteiger partial charge in [-0.2, -0.15) is 0 Å². The van der Waals surface area contributed by atoms with Gasteiger partial charge >= 0.3 is 0 Å². The lowest BCUT2D eigenvalue weighted by Gasteiger charge is -2.10. The van der Waals surface area contributed by atoms with E-state index in [1.807, 2.05) is 0 Å². The second kappa shape index (κ2) is 6.38. The minimum atomic E-state index is 0.944. The average Bonchev–Trinajstić information content (AvgIpc) is 2.43. The molecule has 0 atom stereocenters. The first-order chi connectivity index (χ1) is 9.27. The number of rotatable bonds is 3. The maximum atomic E-state index is 4.72. The Morgan fingerprint density at radius 3 is 2.47 bits per heavy atom. The molecule has 1 heterocycles. The molecular weight excluding hydrogens is 230 g/mol. The van der Waals surface area contributed by atoms with Crippen LogP contribution in [0.5, 0.6) is 0 Å². The van der Waals surface area contributed by atoms with E-state index in [-0.39, 0.29) is 0 Å². The third-order valence-corrected chi connectivity index (χ3v) is 3.29. The highest BCUT2D eigenvalue weighted by molar-refractivity contribution is 5.88. The second-order valence-corrected chi connectivity index (χ2v) is 4.87. The molecule has 1 aromatic carbocycles.